The van der Waals surface area contributed by atoms with Crippen molar-refractivity contribution in [1.29, 1.82) is 5.26 Å². The molecule has 0 aliphatic carbocycles. The lowest BCUT2D eigenvalue weighted by molar-refractivity contribution is -0.120. The molecular formula is C15H20ClN3O. The number of benzene rings is 1. The summed E-state index contributed by atoms with van der Waals surface area (Å²) in [5.74, 6) is 0.253. The van der Waals surface area contributed by atoms with Gasteiger partial charge in [-0.15, -0.1) is 0 Å². The van der Waals surface area contributed by atoms with Gasteiger partial charge < -0.3 is 10.6 Å². The Labute approximate surface area is 125 Å². The average molecular weight is 294 g/mol. The third-order valence-electron chi connectivity index (χ3n) is 2.94. The highest BCUT2D eigenvalue weighted by molar-refractivity contribution is 6.30. The summed E-state index contributed by atoms with van der Waals surface area (Å²) in [6.45, 7) is 4.82. The normalized spacial score (nSPS) is 11.9. The summed E-state index contributed by atoms with van der Waals surface area (Å²) >= 11 is 5.88. The summed E-state index contributed by atoms with van der Waals surface area (Å²) in [7, 11) is 0. The molecule has 0 spiro atoms. The fraction of sp³-hybridized carbons (Fsp3) is 0.467. The number of hydrogen-bond acceptors (Lipinski definition) is 3. The zero-order valence-electron chi connectivity index (χ0n) is 11.8. The number of amides is 1. The molecule has 108 valence electrons. The summed E-state index contributed by atoms with van der Waals surface area (Å²) in [4.78, 5) is 11.6. The molecule has 5 heteroatoms. The number of nitriles is 1. The van der Waals surface area contributed by atoms with Gasteiger partial charge in [0.15, 0.2) is 0 Å². The molecule has 0 aromatic heterocycles. The van der Waals surface area contributed by atoms with Crippen molar-refractivity contribution in [2.45, 2.75) is 26.3 Å². The highest BCUT2D eigenvalue weighted by Crippen LogP contribution is 2.22. The second-order valence-corrected chi connectivity index (χ2v) is 5.35. The van der Waals surface area contributed by atoms with E-state index in [0.29, 0.717) is 23.9 Å². The Kier molecular flexibility index (Phi) is 7.06. The van der Waals surface area contributed by atoms with Crippen LogP contribution < -0.4 is 10.6 Å². The Morgan fingerprint density at radius 1 is 1.35 bits per heavy atom. The van der Waals surface area contributed by atoms with Crippen molar-refractivity contribution >= 4 is 17.5 Å². The first-order valence-corrected chi connectivity index (χ1v) is 7.05. The molecule has 0 aliphatic heterocycles. The van der Waals surface area contributed by atoms with E-state index in [1.54, 1.807) is 0 Å². The van der Waals surface area contributed by atoms with E-state index in [9.17, 15) is 4.79 Å². The maximum atomic E-state index is 11.6. The predicted octanol–water partition coefficient (Wildman–Crippen LogP) is 2.66. The molecule has 1 aromatic carbocycles. The predicted molar refractivity (Wildman–Crippen MR) is 80.3 cm³/mol. The number of carbonyl (C=O) groups is 1. The van der Waals surface area contributed by atoms with Crippen LogP contribution in [0.3, 0.4) is 0 Å². The molecule has 0 heterocycles. The van der Waals surface area contributed by atoms with E-state index >= 15 is 0 Å². The van der Waals surface area contributed by atoms with Crippen LogP contribution in [0.5, 0.6) is 0 Å². The van der Waals surface area contributed by atoms with Crippen LogP contribution in [-0.2, 0) is 4.79 Å². The average Bonchev–Trinajstić information content (AvgIpc) is 2.41. The van der Waals surface area contributed by atoms with Crippen LogP contribution in [0.2, 0.25) is 5.02 Å². The van der Waals surface area contributed by atoms with Crippen molar-refractivity contribution in [3.8, 4) is 6.07 Å². The van der Waals surface area contributed by atoms with Crippen molar-refractivity contribution in [2.24, 2.45) is 5.92 Å². The summed E-state index contributed by atoms with van der Waals surface area (Å²) in [6, 6.07) is 9.71. The Balaban J connectivity index is 2.54. The maximum Gasteiger partial charge on any atom is 0.234 e. The first-order chi connectivity index (χ1) is 9.54. The lowest BCUT2D eigenvalue weighted by atomic mass is 9.96. The largest absolute Gasteiger partial charge is 0.354 e. The van der Waals surface area contributed by atoms with Gasteiger partial charge in [-0.2, -0.15) is 5.26 Å². The minimum Gasteiger partial charge on any atom is -0.354 e. The van der Waals surface area contributed by atoms with Gasteiger partial charge in [0.25, 0.3) is 0 Å². The van der Waals surface area contributed by atoms with E-state index in [2.05, 4.69) is 24.5 Å². The third kappa shape index (κ3) is 5.60. The molecule has 1 aromatic rings. The Morgan fingerprint density at radius 3 is 2.55 bits per heavy atom. The van der Waals surface area contributed by atoms with E-state index < -0.39 is 0 Å². The quantitative estimate of drug-likeness (QED) is 0.760. The van der Waals surface area contributed by atoms with Gasteiger partial charge in [0.1, 0.15) is 0 Å². The number of carbonyl (C=O) groups excluding carboxylic acids is 1. The molecule has 4 nitrogen and oxygen atoms in total. The van der Waals surface area contributed by atoms with Crippen molar-refractivity contribution < 1.29 is 4.79 Å². The van der Waals surface area contributed by atoms with Gasteiger partial charge in [0, 0.05) is 17.6 Å². The molecule has 1 rings (SSSR count). The van der Waals surface area contributed by atoms with Crippen molar-refractivity contribution in [3.05, 3.63) is 34.9 Å². The molecule has 0 fully saturated rings. The van der Waals surface area contributed by atoms with Crippen molar-refractivity contribution in [3.63, 3.8) is 0 Å². The molecule has 0 saturated heterocycles. The monoisotopic (exact) mass is 293 g/mol. The molecule has 1 amide bonds. The van der Waals surface area contributed by atoms with Gasteiger partial charge in [-0.3, -0.25) is 4.79 Å². The second kappa shape index (κ2) is 8.57. The number of nitrogens with one attached hydrogen (secondary N) is 2. The summed E-state index contributed by atoms with van der Waals surface area (Å²) in [5, 5.41) is 15.0. The number of nitrogens with zero attached hydrogens (tertiary/aromatic N) is 1. The highest BCUT2D eigenvalue weighted by atomic mass is 35.5. The molecule has 2 N–H and O–H groups in total. The van der Waals surface area contributed by atoms with E-state index in [1.165, 1.54) is 0 Å². The summed E-state index contributed by atoms with van der Waals surface area (Å²) in [5.41, 5.74) is 1.11. The minimum absolute atomic E-state index is 0.0917. The summed E-state index contributed by atoms with van der Waals surface area (Å²) in [6.07, 6.45) is 0.330. The SMILES string of the molecule is CC(C)C(NCC(=O)NCCC#N)c1ccc(Cl)cc1. The number of halogens is 1. The third-order valence-corrected chi connectivity index (χ3v) is 3.19. The lowest BCUT2D eigenvalue weighted by Crippen LogP contribution is -2.37. The van der Waals surface area contributed by atoms with Crippen LogP contribution in [-0.4, -0.2) is 19.0 Å². The Hall–Kier alpha value is -1.57. The first-order valence-electron chi connectivity index (χ1n) is 6.67. The fourth-order valence-electron chi connectivity index (χ4n) is 1.93. The van der Waals surface area contributed by atoms with Crippen LogP contribution in [0.1, 0.15) is 31.9 Å². The van der Waals surface area contributed by atoms with E-state index in [-0.39, 0.29) is 18.5 Å². The van der Waals surface area contributed by atoms with Crippen LogP contribution in [0.4, 0.5) is 0 Å². The number of hydrogen-bond donors (Lipinski definition) is 2. The molecule has 0 radical (unpaired) electrons. The molecule has 0 bridgehead atoms. The van der Waals surface area contributed by atoms with E-state index in [1.807, 2.05) is 30.3 Å². The van der Waals surface area contributed by atoms with Gasteiger partial charge in [-0.25, -0.2) is 0 Å². The topological polar surface area (TPSA) is 64.9 Å². The Bertz CT molecular complexity index is 465. The molecule has 1 atom stereocenters. The van der Waals surface area contributed by atoms with Gasteiger partial charge in [-0.1, -0.05) is 37.6 Å². The minimum atomic E-state index is -0.0973. The van der Waals surface area contributed by atoms with Gasteiger partial charge in [0.05, 0.1) is 19.0 Å². The standard InChI is InChI=1S/C15H20ClN3O/c1-11(2)15(12-4-6-13(16)7-5-12)19-10-14(20)18-9-3-8-17/h4-7,11,15,19H,3,9-10H2,1-2H3,(H,18,20). The molecule has 0 saturated carbocycles. The zero-order valence-corrected chi connectivity index (χ0v) is 12.6. The van der Waals surface area contributed by atoms with Crippen LogP contribution in [0.25, 0.3) is 0 Å². The molecule has 1 unspecified atom stereocenters. The zero-order chi connectivity index (χ0) is 15.0. The van der Waals surface area contributed by atoms with Crippen LogP contribution in [0, 0.1) is 17.2 Å². The second-order valence-electron chi connectivity index (χ2n) is 4.91. The van der Waals surface area contributed by atoms with Crippen molar-refractivity contribution in [1.82, 2.24) is 10.6 Å². The molecular weight excluding hydrogens is 274 g/mol. The fourth-order valence-corrected chi connectivity index (χ4v) is 2.06. The molecule has 0 aliphatic rings. The lowest BCUT2D eigenvalue weighted by Gasteiger charge is -2.22. The van der Waals surface area contributed by atoms with Gasteiger partial charge >= 0.3 is 0 Å². The summed E-state index contributed by atoms with van der Waals surface area (Å²) < 4.78 is 0. The number of rotatable bonds is 7. The maximum absolute atomic E-state index is 11.6. The smallest absolute Gasteiger partial charge is 0.234 e. The Morgan fingerprint density at radius 2 is 2.00 bits per heavy atom. The van der Waals surface area contributed by atoms with Gasteiger partial charge in [0.2, 0.25) is 5.91 Å². The van der Waals surface area contributed by atoms with Crippen LogP contribution >= 0.6 is 11.6 Å². The van der Waals surface area contributed by atoms with Crippen LogP contribution in [0.15, 0.2) is 24.3 Å². The first kappa shape index (κ1) is 16.5. The van der Waals surface area contributed by atoms with E-state index in [0.717, 1.165) is 5.56 Å². The highest BCUT2D eigenvalue weighted by Gasteiger charge is 2.16. The van der Waals surface area contributed by atoms with E-state index in [4.69, 9.17) is 16.9 Å². The molecule has 20 heavy (non-hydrogen) atoms. The van der Waals surface area contributed by atoms with Crippen molar-refractivity contribution in [2.75, 3.05) is 13.1 Å². The van der Waals surface area contributed by atoms with Gasteiger partial charge in [-0.05, 0) is 23.6 Å².